The van der Waals surface area contributed by atoms with Crippen molar-refractivity contribution >= 4 is 23.3 Å². The number of carbonyl (C=O) groups is 2. The Morgan fingerprint density at radius 3 is 2.46 bits per heavy atom. The lowest BCUT2D eigenvalue weighted by molar-refractivity contribution is -0.139. The third-order valence-corrected chi connectivity index (χ3v) is 6.52. The highest BCUT2D eigenvalue weighted by Crippen LogP contribution is 2.39. The van der Waals surface area contributed by atoms with Crippen LogP contribution in [0.15, 0.2) is 42.5 Å². The summed E-state index contributed by atoms with van der Waals surface area (Å²) in [5.74, 6) is -1.55. The molecule has 0 spiro atoms. The number of halogens is 3. The number of benzene rings is 2. The van der Waals surface area contributed by atoms with Crippen LogP contribution in [-0.2, 0) is 15.8 Å². The second-order valence-electron chi connectivity index (χ2n) is 9.51. The average molecular weight is 518 g/mol. The quantitative estimate of drug-likeness (QED) is 0.229. The average Bonchev–Trinajstić information content (AvgIpc) is 3.57. The molecule has 37 heavy (non-hydrogen) atoms. The van der Waals surface area contributed by atoms with Crippen molar-refractivity contribution in [1.29, 1.82) is 5.41 Å². The molecule has 1 saturated heterocycles. The predicted molar refractivity (Wildman–Crippen MR) is 132 cm³/mol. The molecule has 5 N–H and O–H groups in total. The summed E-state index contributed by atoms with van der Waals surface area (Å²) in [5, 5.41) is 12.5. The number of amidine groups is 1. The maximum atomic E-state index is 13.8. The summed E-state index contributed by atoms with van der Waals surface area (Å²) in [6.07, 6.45) is -2.47. The number of anilines is 1. The van der Waals surface area contributed by atoms with Crippen molar-refractivity contribution < 1.29 is 27.5 Å². The molecule has 2 aliphatic rings. The van der Waals surface area contributed by atoms with Gasteiger partial charge in [-0.3, -0.25) is 19.9 Å². The molecule has 2 aromatic carbocycles. The van der Waals surface area contributed by atoms with Gasteiger partial charge in [-0.1, -0.05) is 6.07 Å². The highest BCUT2D eigenvalue weighted by Gasteiger charge is 2.38. The number of nitrogens with one attached hydrogen (secondary N) is 3. The molecule has 4 rings (SSSR count). The standard InChI is InChI=1S/C26H30F3N5O3/c1-15(32-23(35)13-24(36)33-18-5-2-16(3-6-18)25(30)31)17-4-9-22(21(12-17)26(27,28)29)37-20-10-11-34(14-20)19-7-8-19/h2-6,9,12,15,19-20H,7-8,10-11,13-14H2,1H3,(H3,30,31)(H,32,35)(H,33,36). The predicted octanol–water partition coefficient (Wildman–Crippen LogP) is 3.81. The highest BCUT2D eigenvalue weighted by atomic mass is 19.4. The molecular formula is C26H30F3N5O3. The van der Waals surface area contributed by atoms with E-state index in [1.165, 1.54) is 12.1 Å². The fraction of sp³-hybridized carbons (Fsp3) is 0.423. The van der Waals surface area contributed by atoms with Gasteiger partial charge in [-0.05, 0) is 68.1 Å². The van der Waals surface area contributed by atoms with Gasteiger partial charge in [0.1, 0.15) is 24.1 Å². The number of likely N-dealkylation sites (tertiary alicyclic amines) is 1. The van der Waals surface area contributed by atoms with Crippen molar-refractivity contribution in [2.45, 2.75) is 57.0 Å². The van der Waals surface area contributed by atoms with Crippen LogP contribution in [-0.4, -0.2) is 47.8 Å². The summed E-state index contributed by atoms with van der Waals surface area (Å²) in [6, 6.07) is 9.78. The second-order valence-corrected chi connectivity index (χ2v) is 9.51. The normalized spacial score (nSPS) is 18.8. The summed E-state index contributed by atoms with van der Waals surface area (Å²) in [7, 11) is 0. The minimum absolute atomic E-state index is 0.113. The number of alkyl halides is 3. The van der Waals surface area contributed by atoms with Gasteiger partial charge in [0.25, 0.3) is 0 Å². The van der Waals surface area contributed by atoms with Gasteiger partial charge in [-0.25, -0.2) is 0 Å². The van der Waals surface area contributed by atoms with Gasteiger partial charge < -0.3 is 21.1 Å². The fourth-order valence-electron chi connectivity index (χ4n) is 4.40. The molecule has 1 aliphatic heterocycles. The summed E-state index contributed by atoms with van der Waals surface area (Å²) in [5.41, 5.74) is 5.66. The van der Waals surface area contributed by atoms with Crippen LogP contribution in [0.4, 0.5) is 18.9 Å². The number of hydrogen-bond donors (Lipinski definition) is 4. The Morgan fingerprint density at radius 1 is 1.14 bits per heavy atom. The number of hydrogen-bond acceptors (Lipinski definition) is 5. The molecule has 0 bridgehead atoms. The number of nitrogen functional groups attached to an aromatic ring is 1. The zero-order chi connectivity index (χ0) is 26.7. The minimum Gasteiger partial charge on any atom is -0.488 e. The third kappa shape index (κ3) is 7.00. The lowest BCUT2D eigenvalue weighted by Gasteiger charge is -2.21. The molecule has 0 radical (unpaired) electrons. The first-order valence-corrected chi connectivity index (χ1v) is 12.1. The van der Waals surface area contributed by atoms with E-state index in [2.05, 4.69) is 15.5 Å². The maximum Gasteiger partial charge on any atom is 0.419 e. The lowest BCUT2D eigenvalue weighted by Crippen LogP contribution is -2.30. The first kappa shape index (κ1) is 26.5. The van der Waals surface area contributed by atoms with E-state index >= 15 is 0 Å². The van der Waals surface area contributed by atoms with Crippen LogP contribution < -0.4 is 21.1 Å². The van der Waals surface area contributed by atoms with Crippen LogP contribution in [0.1, 0.15) is 55.3 Å². The first-order valence-electron chi connectivity index (χ1n) is 12.1. The molecule has 0 aromatic heterocycles. The van der Waals surface area contributed by atoms with E-state index in [9.17, 15) is 22.8 Å². The van der Waals surface area contributed by atoms with E-state index in [0.29, 0.717) is 30.3 Å². The van der Waals surface area contributed by atoms with Crippen LogP contribution in [0.25, 0.3) is 0 Å². The van der Waals surface area contributed by atoms with Gasteiger partial charge in [0, 0.05) is 30.4 Å². The van der Waals surface area contributed by atoms with Crippen molar-refractivity contribution in [1.82, 2.24) is 10.2 Å². The van der Waals surface area contributed by atoms with Crippen molar-refractivity contribution in [3.63, 3.8) is 0 Å². The van der Waals surface area contributed by atoms with Crippen molar-refractivity contribution in [2.24, 2.45) is 5.73 Å². The van der Waals surface area contributed by atoms with E-state index in [-0.39, 0.29) is 23.3 Å². The Kier molecular flexibility index (Phi) is 7.72. The number of nitrogens with two attached hydrogens (primary N) is 1. The minimum atomic E-state index is -4.62. The summed E-state index contributed by atoms with van der Waals surface area (Å²) >= 11 is 0. The number of carbonyl (C=O) groups excluding carboxylic acids is 2. The van der Waals surface area contributed by atoms with Crippen LogP contribution in [0.5, 0.6) is 5.75 Å². The molecule has 2 amide bonds. The van der Waals surface area contributed by atoms with Gasteiger partial charge >= 0.3 is 6.18 Å². The molecule has 1 saturated carbocycles. The van der Waals surface area contributed by atoms with Crippen LogP contribution >= 0.6 is 0 Å². The molecule has 2 fully saturated rings. The highest BCUT2D eigenvalue weighted by molar-refractivity contribution is 6.04. The van der Waals surface area contributed by atoms with Gasteiger partial charge in [0.05, 0.1) is 11.6 Å². The molecule has 2 aromatic rings. The molecule has 11 heteroatoms. The van der Waals surface area contributed by atoms with E-state index in [0.717, 1.165) is 25.5 Å². The number of ether oxygens (including phenoxy) is 1. The van der Waals surface area contributed by atoms with Crippen LogP contribution in [0, 0.1) is 5.41 Å². The Morgan fingerprint density at radius 2 is 1.84 bits per heavy atom. The largest absolute Gasteiger partial charge is 0.488 e. The zero-order valence-corrected chi connectivity index (χ0v) is 20.4. The smallest absolute Gasteiger partial charge is 0.419 e. The summed E-state index contributed by atoms with van der Waals surface area (Å²) < 4.78 is 47.3. The third-order valence-electron chi connectivity index (χ3n) is 6.52. The number of nitrogens with zero attached hydrogens (tertiary/aromatic N) is 1. The summed E-state index contributed by atoms with van der Waals surface area (Å²) in [4.78, 5) is 26.9. The van der Waals surface area contributed by atoms with Crippen molar-refractivity contribution in [3.05, 3.63) is 59.2 Å². The Labute approximate surface area is 212 Å². The number of amides is 2. The molecule has 1 heterocycles. The van der Waals surface area contributed by atoms with Gasteiger partial charge in [-0.2, -0.15) is 13.2 Å². The Balaban J connectivity index is 1.35. The molecule has 2 atom stereocenters. The van der Waals surface area contributed by atoms with Crippen LogP contribution in [0.2, 0.25) is 0 Å². The van der Waals surface area contributed by atoms with Gasteiger partial charge in [0.15, 0.2) is 0 Å². The Bertz CT molecular complexity index is 1170. The molecular weight excluding hydrogens is 487 g/mol. The van der Waals surface area contributed by atoms with Crippen molar-refractivity contribution in [3.8, 4) is 5.75 Å². The molecule has 2 unspecified atom stereocenters. The van der Waals surface area contributed by atoms with Gasteiger partial charge in [0.2, 0.25) is 11.8 Å². The zero-order valence-electron chi connectivity index (χ0n) is 20.4. The maximum absolute atomic E-state index is 13.8. The van der Waals surface area contributed by atoms with Crippen molar-refractivity contribution in [2.75, 3.05) is 18.4 Å². The lowest BCUT2D eigenvalue weighted by atomic mass is 10.0. The first-order chi connectivity index (χ1) is 17.5. The van der Waals surface area contributed by atoms with E-state index < -0.39 is 36.0 Å². The SMILES string of the molecule is CC(NC(=O)CC(=O)Nc1ccc(C(=N)N)cc1)c1ccc(OC2CCN(C3CC3)C2)c(C(F)(F)F)c1. The second kappa shape index (κ2) is 10.8. The monoisotopic (exact) mass is 517 g/mol. The van der Waals surface area contributed by atoms with E-state index in [1.807, 2.05) is 0 Å². The van der Waals surface area contributed by atoms with E-state index in [1.54, 1.807) is 31.2 Å². The topological polar surface area (TPSA) is 121 Å². The van der Waals surface area contributed by atoms with Gasteiger partial charge in [-0.15, -0.1) is 0 Å². The molecule has 1 aliphatic carbocycles. The molecule has 198 valence electrons. The van der Waals surface area contributed by atoms with E-state index in [4.69, 9.17) is 15.9 Å². The Hall–Kier alpha value is -3.60. The number of rotatable bonds is 9. The summed E-state index contributed by atoms with van der Waals surface area (Å²) in [6.45, 7) is 3.00. The fourth-order valence-corrected chi connectivity index (χ4v) is 4.40. The molecule has 8 nitrogen and oxygen atoms in total. The van der Waals surface area contributed by atoms with Crippen LogP contribution in [0.3, 0.4) is 0 Å².